The first-order chi connectivity index (χ1) is 9.90. The maximum absolute atomic E-state index is 3.68. The molecule has 1 aliphatic heterocycles. The third-order valence-corrected chi connectivity index (χ3v) is 3.96. The van der Waals surface area contributed by atoms with Crippen LogP contribution in [-0.2, 0) is 12.8 Å². The van der Waals surface area contributed by atoms with E-state index in [1.54, 1.807) is 0 Å². The van der Waals surface area contributed by atoms with Crippen molar-refractivity contribution >= 4 is 24.8 Å². The summed E-state index contributed by atoms with van der Waals surface area (Å²) in [6.45, 7) is 2.10. The third-order valence-electron chi connectivity index (χ3n) is 3.96. The summed E-state index contributed by atoms with van der Waals surface area (Å²) in [7, 11) is 0. The Labute approximate surface area is 145 Å². The highest BCUT2D eigenvalue weighted by Gasteiger charge is 2.19. The molecule has 0 radical (unpaired) electrons. The van der Waals surface area contributed by atoms with Crippen molar-refractivity contribution < 1.29 is 0 Å². The van der Waals surface area contributed by atoms with Gasteiger partial charge < -0.3 is 10.6 Å². The van der Waals surface area contributed by atoms with Gasteiger partial charge in [-0.25, -0.2) is 0 Å². The lowest BCUT2D eigenvalue weighted by molar-refractivity contribution is 0.342. The highest BCUT2D eigenvalue weighted by atomic mass is 35.5. The van der Waals surface area contributed by atoms with Crippen molar-refractivity contribution in [2.24, 2.45) is 0 Å². The van der Waals surface area contributed by atoms with Gasteiger partial charge in [-0.05, 0) is 24.0 Å². The molecule has 120 valence electrons. The summed E-state index contributed by atoms with van der Waals surface area (Å²) in [6.07, 6.45) is 2.21. The number of hydrogen-bond acceptors (Lipinski definition) is 2. The van der Waals surface area contributed by atoms with Crippen LogP contribution in [0.15, 0.2) is 60.7 Å². The molecule has 0 bridgehead atoms. The second kappa shape index (κ2) is 9.86. The van der Waals surface area contributed by atoms with Crippen LogP contribution in [0.4, 0.5) is 0 Å². The van der Waals surface area contributed by atoms with Crippen LogP contribution in [0, 0.1) is 0 Å². The number of hydrogen-bond donors (Lipinski definition) is 2. The van der Waals surface area contributed by atoms with Crippen LogP contribution in [0.25, 0.3) is 0 Å². The van der Waals surface area contributed by atoms with Gasteiger partial charge in [0, 0.05) is 25.2 Å². The molecule has 1 aliphatic rings. The van der Waals surface area contributed by atoms with E-state index in [9.17, 15) is 0 Å². The van der Waals surface area contributed by atoms with Crippen molar-refractivity contribution in [1.29, 1.82) is 0 Å². The van der Waals surface area contributed by atoms with Crippen LogP contribution >= 0.6 is 24.8 Å². The molecule has 1 saturated heterocycles. The molecule has 4 heteroatoms. The minimum Gasteiger partial charge on any atom is -0.311 e. The summed E-state index contributed by atoms with van der Waals surface area (Å²) in [5.41, 5.74) is 2.82. The second-order valence-electron chi connectivity index (χ2n) is 5.59. The molecule has 2 N–H and O–H groups in total. The molecule has 0 unspecified atom stereocenters. The van der Waals surface area contributed by atoms with Gasteiger partial charge in [0.15, 0.2) is 0 Å². The first-order valence-corrected chi connectivity index (χ1v) is 7.45. The minimum atomic E-state index is 0. The van der Waals surface area contributed by atoms with E-state index in [0.29, 0.717) is 12.1 Å². The zero-order valence-electron chi connectivity index (χ0n) is 12.6. The van der Waals surface area contributed by atoms with E-state index in [1.807, 2.05) is 0 Å². The predicted octanol–water partition coefficient (Wildman–Crippen LogP) is 3.25. The van der Waals surface area contributed by atoms with E-state index in [2.05, 4.69) is 71.3 Å². The molecule has 0 spiro atoms. The molecule has 3 rings (SSSR count). The van der Waals surface area contributed by atoms with Crippen molar-refractivity contribution in [3.05, 3.63) is 71.8 Å². The summed E-state index contributed by atoms with van der Waals surface area (Å²) in [5.74, 6) is 0. The monoisotopic (exact) mass is 338 g/mol. The van der Waals surface area contributed by atoms with Gasteiger partial charge in [-0.15, -0.1) is 24.8 Å². The summed E-state index contributed by atoms with van der Waals surface area (Å²) in [4.78, 5) is 0. The van der Waals surface area contributed by atoms with E-state index < -0.39 is 0 Å². The summed E-state index contributed by atoms with van der Waals surface area (Å²) in [6, 6.07) is 22.5. The lowest BCUT2D eigenvalue weighted by Crippen LogP contribution is -2.55. The molecule has 2 nitrogen and oxygen atoms in total. The fourth-order valence-corrected chi connectivity index (χ4v) is 2.85. The van der Waals surface area contributed by atoms with Gasteiger partial charge in [0.05, 0.1) is 0 Å². The first-order valence-electron chi connectivity index (χ1n) is 7.45. The Morgan fingerprint density at radius 2 is 1.00 bits per heavy atom. The maximum atomic E-state index is 3.68. The number of piperazine rings is 1. The molecule has 1 fully saturated rings. The number of benzene rings is 2. The molecule has 0 aromatic heterocycles. The first kappa shape index (κ1) is 19.0. The Hall–Kier alpha value is -1.06. The number of nitrogens with one attached hydrogen (secondary N) is 2. The van der Waals surface area contributed by atoms with Crippen LogP contribution in [0.1, 0.15) is 11.1 Å². The molecule has 2 atom stereocenters. The summed E-state index contributed by atoms with van der Waals surface area (Å²) in [5, 5.41) is 7.35. The zero-order valence-corrected chi connectivity index (χ0v) is 14.2. The average Bonchev–Trinajstić information content (AvgIpc) is 2.51. The zero-order chi connectivity index (χ0) is 13.6. The lowest BCUT2D eigenvalue weighted by atomic mass is 10.00. The Kier molecular flexibility index (Phi) is 8.51. The quantitative estimate of drug-likeness (QED) is 0.894. The molecule has 2 aromatic rings. The lowest BCUT2D eigenvalue weighted by Gasteiger charge is -2.31. The van der Waals surface area contributed by atoms with Gasteiger partial charge in [0.2, 0.25) is 0 Å². The minimum absolute atomic E-state index is 0. The predicted molar refractivity (Wildman–Crippen MR) is 98.4 cm³/mol. The molecule has 0 amide bonds. The van der Waals surface area contributed by atoms with E-state index in [-0.39, 0.29) is 24.8 Å². The normalized spacial score (nSPS) is 20.5. The van der Waals surface area contributed by atoms with E-state index in [1.165, 1.54) is 11.1 Å². The van der Waals surface area contributed by atoms with Gasteiger partial charge in [-0.1, -0.05) is 60.7 Å². The van der Waals surface area contributed by atoms with Crippen molar-refractivity contribution in [2.75, 3.05) is 13.1 Å². The standard InChI is InChI=1S/C18H22N2.2ClH/c1-3-7-15(8-4-1)11-17-13-20-18(14-19-17)12-16-9-5-2-6-10-16;;/h1-10,17-20H,11-14H2;2*1H/t17-,18-;;/m0../s1. The molecular formula is C18H24Cl2N2. The van der Waals surface area contributed by atoms with Crippen LogP contribution in [0.2, 0.25) is 0 Å². The fourth-order valence-electron chi connectivity index (χ4n) is 2.85. The Balaban J connectivity index is 0.00000121. The number of halogens is 2. The Morgan fingerprint density at radius 1 is 0.636 bits per heavy atom. The highest BCUT2D eigenvalue weighted by Crippen LogP contribution is 2.08. The molecule has 0 saturated carbocycles. The Bertz CT molecular complexity index is 462. The SMILES string of the molecule is Cl.Cl.c1ccc(C[C@H]2CN[C@@H](Cc3ccccc3)CN2)cc1. The summed E-state index contributed by atoms with van der Waals surface area (Å²) < 4.78 is 0. The average molecular weight is 339 g/mol. The van der Waals surface area contributed by atoms with Gasteiger partial charge in [-0.2, -0.15) is 0 Å². The van der Waals surface area contributed by atoms with Gasteiger partial charge in [0.25, 0.3) is 0 Å². The maximum Gasteiger partial charge on any atom is 0.0233 e. The van der Waals surface area contributed by atoms with Crippen LogP contribution in [-0.4, -0.2) is 25.2 Å². The van der Waals surface area contributed by atoms with Crippen molar-refractivity contribution in [2.45, 2.75) is 24.9 Å². The molecule has 2 aromatic carbocycles. The van der Waals surface area contributed by atoms with Crippen LogP contribution in [0.5, 0.6) is 0 Å². The van der Waals surface area contributed by atoms with Crippen molar-refractivity contribution in [3.63, 3.8) is 0 Å². The van der Waals surface area contributed by atoms with Gasteiger partial charge in [-0.3, -0.25) is 0 Å². The number of rotatable bonds is 4. The summed E-state index contributed by atoms with van der Waals surface area (Å²) >= 11 is 0. The van der Waals surface area contributed by atoms with Crippen LogP contribution in [0.3, 0.4) is 0 Å². The molecular weight excluding hydrogens is 315 g/mol. The van der Waals surface area contributed by atoms with Crippen molar-refractivity contribution in [1.82, 2.24) is 10.6 Å². The van der Waals surface area contributed by atoms with Gasteiger partial charge in [0.1, 0.15) is 0 Å². The van der Waals surface area contributed by atoms with E-state index >= 15 is 0 Å². The largest absolute Gasteiger partial charge is 0.311 e. The topological polar surface area (TPSA) is 24.1 Å². The smallest absolute Gasteiger partial charge is 0.0233 e. The Morgan fingerprint density at radius 3 is 1.32 bits per heavy atom. The van der Waals surface area contributed by atoms with Crippen LogP contribution < -0.4 is 10.6 Å². The molecule has 22 heavy (non-hydrogen) atoms. The molecule has 1 heterocycles. The van der Waals surface area contributed by atoms with Crippen molar-refractivity contribution in [3.8, 4) is 0 Å². The fraction of sp³-hybridized carbons (Fsp3) is 0.333. The third kappa shape index (κ3) is 5.62. The van der Waals surface area contributed by atoms with E-state index in [0.717, 1.165) is 25.9 Å². The van der Waals surface area contributed by atoms with Gasteiger partial charge >= 0.3 is 0 Å². The highest BCUT2D eigenvalue weighted by molar-refractivity contribution is 5.85. The second-order valence-corrected chi connectivity index (χ2v) is 5.59. The van der Waals surface area contributed by atoms with E-state index in [4.69, 9.17) is 0 Å². The molecule has 0 aliphatic carbocycles.